The summed E-state index contributed by atoms with van der Waals surface area (Å²) >= 11 is 0. The number of aromatic hydroxyl groups is 1. The first kappa shape index (κ1) is 18.4. The molecule has 0 bridgehead atoms. The van der Waals surface area contributed by atoms with Gasteiger partial charge in [0.2, 0.25) is 0 Å². The zero-order valence-electron chi connectivity index (χ0n) is 15.3. The van der Waals surface area contributed by atoms with E-state index >= 15 is 0 Å². The van der Waals surface area contributed by atoms with Gasteiger partial charge in [-0.05, 0) is 23.8 Å². The van der Waals surface area contributed by atoms with E-state index in [2.05, 4.69) is 0 Å². The molecule has 0 aromatic heterocycles. The van der Waals surface area contributed by atoms with Crippen molar-refractivity contribution in [3.05, 3.63) is 95.7 Å². The minimum atomic E-state index is -0.934. The number of aliphatic hydroxyl groups is 1. The van der Waals surface area contributed by atoms with Gasteiger partial charge in [-0.15, -0.1) is 0 Å². The summed E-state index contributed by atoms with van der Waals surface area (Å²) in [6.45, 7) is -0.169. The normalized spacial score (nSPS) is 14.9. The Morgan fingerprint density at radius 3 is 2.48 bits per heavy atom. The van der Waals surface area contributed by atoms with Gasteiger partial charge in [-0.1, -0.05) is 54.6 Å². The standard InChI is InChI=1S/C23H18O6/c24-13-16(15-7-2-1-3-8-15)14-27-23(26)29-22-17-9-4-5-11-19(17)28-20-12-6-10-18(25)21(20)22/h1-13,22,24-25H,14H2. The van der Waals surface area contributed by atoms with Gasteiger partial charge in [-0.2, -0.15) is 0 Å². The Labute approximate surface area is 167 Å². The highest BCUT2D eigenvalue weighted by Crippen LogP contribution is 2.48. The van der Waals surface area contributed by atoms with Crippen molar-refractivity contribution < 1.29 is 29.2 Å². The van der Waals surface area contributed by atoms with E-state index in [-0.39, 0.29) is 12.4 Å². The number of carbonyl (C=O) groups is 1. The molecule has 3 aromatic rings. The number of benzene rings is 3. The zero-order chi connectivity index (χ0) is 20.2. The first-order valence-electron chi connectivity index (χ1n) is 8.98. The van der Waals surface area contributed by atoms with Crippen LogP contribution < -0.4 is 4.74 Å². The lowest BCUT2D eigenvalue weighted by atomic mass is 9.96. The molecule has 0 fully saturated rings. The number of para-hydroxylation sites is 1. The van der Waals surface area contributed by atoms with Crippen LogP contribution in [0.2, 0.25) is 0 Å². The minimum absolute atomic E-state index is 0.0463. The van der Waals surface area contributed by atoms with Crippen LogP contribution in [0.15, 0.2) is 79.1 Å². The van der Waals surface area contributed by atoms with Crippen molar-refractivity contribution in [3.8, 4) is 17.2 Å². The van der Waals surface area contributed by atoms with Crippen LogP contribution in [0.5, 0.6) is 17.2 Å². The molecule has 2 N–H and O–H groups in total. The summed E-state index contributed by atoms with van der Waals surface area (Å²) in [5.74, 6) is 0.889. The maximum atomic E-state index is 12.4. The third kappa shape index (κ3) is 3.73. The van der Waals surface area contributed by atoms with E-state index in [9.17, 15) is 15.0 Å². The lowest BCUT2D eigenvalue weighted by Gasteiger charge is -2.28. The van der Waals surface area contributed by atoms with Crippen LogP contribution in [0.4, 0.5) is 4.79 Å². The molecule has 3 aromatic carbocycles. The highest BCUT2D eigenvalue weighted by atomic mass is 16.7. The number of aliphatic hydroxyl groups excluding tert-OH is 1. The summed E-state index contributed by atoms with van der Waals surface area (Å²) in [4.78, 5) is 12.4. The predicted molar refractivity (Wildman–Crippen MR) is 106 cm³/mol. The van der Waals surface area contributed by atoms with Crippen molar-refractivity contribution in [1.29, 1.82) is 0 Å². The molecule has 146 valence electrons. The summed E-state index contributed by atoms with van der Waals surface area (Å²) < 4.78 is 16.6. The summed E-state index contributed by atoms with van der Waals surface area (Å²) in [7, 11) is 0. The summed E-state index contributed by atoms with van der Waals surface area (Å²) in [6.07, 6.45) is -0.925. The van der Waals surface area contributed by atoms with Gasteiger partial charge in [0.25, 0.3) is 0 Å². The highest BCUT2D eigenvalue weighted by Gasteiger charge is 2.33. The van der Waals surface area contributed by atoms with Crippen molar-refractivity contribution >= 4 is 11.7 Å². The molecule has 0 saturated heterocycles. The third-order valence-electron chi connectivity index (χ3n) is 4.59. The van der Waals surface area contributed by atoms with E-state index in [0.717, 1.165) is 11.8 Å². The molecule has 1 unspecified atom stereocenters. The third-order valence-corrected chi connectivity index (χ3v) is 4.59. The van der Waals surface area contributed by atoms with Crippen LogP contribution in [0, 0.1) is 0 Å². The summed E-state index contributed by atoms with van der Waals surface area (Å²) in [5, 5.41) is 19.8. The van der Waals surface area contributed by atoms with Crippen molar-refractivity contribution in [3.63, 3.8) is 0 Å². The van der Waals surface area contributed by atoms with E-state index in [4.69, 9.17) is 14.2 Å². The van der Waals surface area contributed by atoms with E-state index in [1.54, 1.807) is 48.5 Å². The topological polar surface area (TPSA) is 85.2 Å². The van der Waals surface area contributed by atoms with Gasteiger partial charge in [-0.3, -0.25) is 0 Å². The van der Waals surface area contributed by atoms with Gasteiger partial charge in [0.1, 0.15) is 23.9 Å². The number of hydrogen-bond acceptors (Lipinski definition) is 6. The maximum absolute atomic E-state index is 12.4. The fraction of sp³-hybridized carbons (Fsp3) is 0.0870. The Balaban J connectivity index is 1.54. The minimum Gasteiger partial charge on any atom is -0.515 e. The van der Waals surface area contributed by atoms with Gasteiger partial charge >= 0.3 is 6.16 Å². The molecule has 1 aliphatic heterocycles. The molecule has 1 aliphatic rings. The SMILES string of the molecule is O=C(OCC(=CO)c1ccccc1)OC1c2ccccc2Oc2cccc(O)c21. The number of ether oxygens (including phenoxy) is 3. The molecule has 6 nitrogen and oxygen atoms in total. The molecular formula is C23H18O6. The highest BCUT2D eigenvalue weighted by molar-refractivity contribution is 5.69. The molecular weight excluding hydrogens is 372 g/mol. The predicted octanol–water partition coefficient (Wildman–Crippen LogP) is 5.34. The van der Waals surface area contributed by atoms with Gasteiger partial charge in [-0.25, -0.2) is 4.79 Å². The lowest BCUT2D eigenvalue weighted by molar-refractivity contribution is 0.0392. The monoisotopic (exact) mass is 390 g/mol. The molecule has 29 heavy (non-hydrogen) atoms. The van der Waals surface area contributed by atoms with E-state index in [1.807, 2.05) is 18.2 Å². The second-order valence-electron chi connectivity index (χ2n) is 6.39. The number of phenols is 1. The van der Waals surface area contributed by atoms with Crippen molar-refractivity contribution in [2.75, 3.05) is 6.61 Å². The smallest absolute Gasteiger partial charge is 0.509 e. The van der Waals surface area contributed by atoms with Crippen molar-refractivity contribution in [2.45, 2.75) is 6.10 Å². The molecule has 1 heterocycles. The van der Waals surface area contributed by atoms with E-state index in [1.165, 1.54) is 6.07 Å². The number of rotatable bonds is 4. The van der Waals surface area contributed by atoms with Crippen molar-refractivity contribution in [2.24, 2.45) is 0 Å². The van der Waals surface area contributed by atoms with Gasteiger partial charge in [0.05, 0.1) is 11.8 Å². The first-order chi connectivity index (χ1) is 14.2. The number of phenolic OH excluding ortho intramolecular Hbond substituents is 1. The quantitative estimate of drug-likeness (QED) is 0.462. The summed E-state index contributed by atoms with van der Waals surface area (Å²) in [5.41, 5.74) is 2.10. The number of hydrogen-bond donors (Lipinski definition) is 2. The Morgan fingerprint density at radius 1 is 0.966 bits per heavy atom. The second kappa shape index (κ2) is 7.98. The molecule has 0 aliphatic carbocycles. The van der Waals surface area contributed by atoms with Gasteiger partial charge in [0, 0.05) is 11.1 Å². The Kier molecular flexibility index (Phi) is 5.07. The Hall–Kier alpha value is -3.93. The van der Waals surface area contributed by atoms with Crippen LogP contribution in [-0.4, -0.2) is 23.0 Å². The molecule has 1 atom stereocenters. The van der Waals surface area contributed by atoms with Gasteiger partial charge in [0.15, 0.2) is 6.10 Å². The average molecular weight is 390 g/mol. The fourth-order valence-electron chi connectivity index (χ4n) is 3.19. The van der Waals surface area contributed by atoms with Crippen molar-refractivity contribution in [1.82, 2.24) is 0 Å². The molecule has 0 radical (unpaired) electrons. The Bertz CT molecular complexity index is 1060. The van der Waals surface area contributed by atoms with Gasteiger partial charge < -0.3 is 24.4 Å². The molecule has 4 rings (SSSR count). The van der Waals surface area contributed by atoms with Crippen LogP contribution in [-0.2, 0) is 9.47 Å². The van der Waals surface area contributed by atoms with Crippen LogP contribution in [0.25, 0.3) is 5.57 Å². The first-order valence-corrected chi connectivity index (χ1v) is 8.98. The van der Waals surface area contributed by atoms with Crippen LogP contribution >= 0.6 is 0 Å². The second-order valence-corrected chi connectivity index (χ2v) is 6.39. The van der Waals surface area contributed by atoms with E-state index in [0.29, 0.717) is 28.2 Å². The average Bonchev–Trinajstić information content (AvgIpc) is 2.75. The molecule has 0 spiro atoms. The number of carbonyl (C=O) groups excluding carboxylic acids is 1. The van der Waals surface area contributed by atoms with Crippen LogP contribution in [0.3, 0.4) is 0 Å². The summed E-state index contributed by atoms with van der Waals surface area (Å²) in [6, 6.07) is 21.0. The largest absolute Gasteiger partial charge is 0.515 e. The van der Waals surface area contributed by atoms with Crippen LogP contribution in [0.1, 0.15) is 22.8 Å². The maximum Gasteiger partial charge on any atom is 0.509 e. The fourth-order valence-corrected chi connectivity index (χ4v) is 3.19. The van der Waals surface area contributed by atoms with E-state index < -0.39 is 12.3 Å². The molecule has 0 saturated carbocycles. The lowest BCUT2D eigenvalue weighted by Crippen LogP contribution is -2.18. The number of fused-ring (bicyclic) bond motifs is 2. The molecule has 0 amide bonds. The molecule has 6 heteroatoms. The zero-order valence-corrected chi connectivity index (χ0v) is 15.3. The Morgan fingerprint density at radius 2 is 1.69 bits per heavy atom.